The molecule has 3 aromatic carbocycles. The van der Waals surface area contributed by atoms with Gasteiger partial charge in [-0.1, -0.05) is 30.3 Å². The van der Waals surface area contributed by atoms with Gasteiger partial charge in [0, 0.05) is 28.5 Å². The number of hydrogen-bond acceptors (Lipinski definition) is 6. The number of aromatic amines is 2. The van der Waals surface area contributed by atoms with Crippen LogP contribution < -0.4 is 21.6 Å². The number of hydroxylamine groups is 1. The normalized spacial score (nSPS) is 12.7. The van der Waals surface area contributed by atoms with Crippen LogP contribution in [-0.4, -0.2) is 27.6 Å². The summed E-state index contributed by atoms with van der Waals surface area (Å²) in [7, 11) is 0. The van der Waals surface area contributed by atoms with E-state index in [2.05, 4.69) is 10.3 Å². The minimum absolute atomic E-state index is 0.0200. The maximum Gasteiger partial charge on any atom is 0.325 e. The summed E-state index contributed by atoms with van der Waals surface area (Å²) < 4.78 is 0. The largest absolute Gasteiger partial charge is 0.325 e. The molecule has 4 aromatic rings. The molecular weight excluding hydrogens is 464 g/mol. The van der Waals surface area contributed by atoms with Gasteiger partial charge < -0.3 is 10.3 Å². The average Bonchev–Trinajstić information content (AvgIpc) is 2.90. The Kier molecular flexibility index (Phi) is 5.85. The molecule has 0 bridgehead atoms. The fourth-order valence-electron chi connectivity index (χ4n) is 3.76. The maximum absolute atomic E-state index is 13.1. The summed E-state index contributed by atoms with van der Waals surface area (Å²) in [6, 6.07) is 19.9. The molecule has 5 rings (SSSR count). The van der Waals surface area contributed by atoms with Crippen molar-refractivity contribution in [3.8, 4) is 0 Å². The van der Waals surface area contributed by atoms with Crippen molar-refractivity contribution in [2.45, 2.75) is 6.61 Å². The quantitative estimate of drug-likeness (QED) is 0.374. The first kappa shape index (κ1) is 22.7. The number of fused-ring (bicyclic) bond motifs is 1. The summed E-state index contributed by atoms with van der Waals surface area (Å²) >= 11 is 0. The molecule has 0 saturated heterocycles. The van der Waals surface area contributed by atoms with Gasteiger partial charge in [-0.3, -0.25) is 29.0 Å². The van der Waals surface area contributed by atoms with E-state index in [1.54, 1.807) is 48.5 Å². The molecule has 0 unspecified atom stereocenters. The van der Waals surface area contributed by atoms with E-state index in [0.717, 1.165) is 11.3 Å². The lowest BCUT2D eigenvalue weighted by atomic mass is 10.0. The lowest BCUT2D eigenvalue weighted by molar-refractivity contribution is 0.0529. The van der Waals surface area contributed by atoms with Gasteiger partial charge in [-0.2, -0.15) is 5.06 Å². The van der Waals surface area contributed by atoms with Crippen LogP contribution in [0.15, 0.2) is 88.6 Å². The number of aromatic nitrogens is 2. The molecule has 0 saturated carbocycles. The van der Waals surface area contributed by atoms with Gasteiger partial charge in [0.05, 0.1) is 5.69 Å². The SMILES string of the molecule is O=C(Nc1c[nH]c(=O)[nH]c1=O)c1ccc2c(c1)CON(c1ccc(C(=O)c3ccccc3)cc1)C2=O. The molecule has 1 aliphatic heterocycles. The predicted molar refractivity (Wildman–Crippen MR) is 130 cm³/mol. The van der Waals surface area contributed by atoms with Gasteiger partial charge in [-0.05, 0) is 48.0 Å². The average molecular weight is 482 g/mol. The van der Waals surface area contributed by atoms with Gasteiger partial charge in [0.1, 0.15) is 12.3 Å². The van der Waals surface area contributed by atoms with Crippen LogP contribution in [0.4, 0.5) is 11.4 Å². The van der Waals surface area contributed by atoms with Gasteiger partial charge in [-0.15, -0.1) is 0 Å². The van der Waals surface area contributed by atoms with Crippen LogP contribution in [0.5, 0.6) is 0 Å². The molecule has 10 nitrogen and oxygen atoms in total. The number of rotatable bonds is 5. The van der Waals surface area contributed by atoms with Crippen LogP contribution in [-0.2, 0) is 11.4 Å². The predicted octanol–water partition coefficient (Wildman–Crippen LogP) is 2.64. The van der Waals surface area contributed by atoms with Gasteiger partial charge in [0.2, 0.25) is 0 Å². The summed E-state index contributed by atoms with van der Waals surface area (Å²) in [5, 5.41) is 3.55. The fourth-order valence-corrected chi connectivity index (χ4v) is 3.76. The first-order chi connectivity index (χ1) is 17.4. The van der Waals surface area contributed by atoms with E-state index in [0.29, 0.717) is 27.9 Å². The van der Waals surface area contributed by atoms with Gasteiger partial charge >= 0.3 is 5.69 Å². The van der Waals surface area contributed by atoms with Crippen molar-refractivity contribution in [1.29, 1.82) is 0 Å². The summed E-state index contributed by atoms with van der Waals surface area (Å²) in [6.07, 6.45) is 1.10. The van der Waals surface area contributed by atoms with Crippen molar-refractivity contribution in [3.63, 3.8) is 0 Å². The monoisotopic (exact) mass is 482 g/mol. The second-order valence-corrected chi connectivity index (χ2v) is 7.93. The number of hydrogen-bond donors (Lipinski definition) is 3. The smallest absolute Gasteiger partial charge is 0.316 e. The zero-order chi connectivity index (χ0) is 25.2. The van der Waals surface area contributed by atoms with Crippen LogP contribution >= 0.6 is 0 Å². The third kappa shape index (κ3) is 4.36. The molecule has 1 aliphatic rings. The van der Waals surface area contributed by atoms with Gasteiger partial charge in [0.15, 0.2) is 5.78 Å². The summed E-state index contributed by atoms with van der Waals surface area (Å²) in [4.78, 5) is 71.1. The number of ketones is 1. The molecule has 36 heavy (non-hydrogen) atoms. The Bertz CT molecular complexity index is 1610. The molecule has 3 N–H and O–H groups in total. The topological polar surface area (TPSA) is 141 Å². The highest BCUT2D eigenvalue weighted by Gasteiger charge is 2.28. The van der Waals surface area contributed by atoms with Crippen molar-refractivity contribution in [2.75, 3.05) is 10.4 Å². The standard InChI is InChI=1S/C26H18N4O6/c31-22(15-4-2-1-3-5-15)16-6-9-19(10-7-16)30-25(34)20-11-8-17(12-18(20)14-36-30)23(32)28-21-13-27-26(35)29-24(21)33/h1-13H,14H2,(H,28,32)(H2,27,29,33,35). The molecule has 0 radical (unpaired) electrons. The zero-order valence-electron chi connectivity index (χ0n) is 18.6. The van der Waals surface area contributed by atoms with Crippen molar-refractivity contribution < 1.29 is 19.2 Å². The molecule has 1 aromatic heterocycles. The molecule has 0 spiro atoms. The second-order valence-electron chi connectivity index (χ2n) is 7.93. The Hall–Kier alpha value is -5.09. The van der Waals surface area contributed by atoms with E-state index < -0.39 is 23.1 Å². The van der Waals surface area contributed by atoms with E-state index >= 15 is 0 Å². The van der Waals surface area contributed by atoms with E-state index in [-0.39, 0.29) is 23.6 Å². The fraction of sp³-hybridized carbons (Fsp3) is 0.0385. The number of benzene rings is 3. The highest BCUT2D eigenvalue weighted by molar-refractivity contribution is 6.10. The van der Waals surface area contributed by atoms with Gasteiger partial charge in [0.25, 0.3) is 17.4 Å². The highest BCUT2D eigenvalue weighted by atomic mass is 16.7. The molecule has 0 aliphatic carbocycles. The van der Waals surface area contributed by atoms with Crippen LogP contribution in [0.25, 0.3) is 0 Å². The number of nitrogens with zero attached hydrogens (tertiary/aromatic N) is 1. The summed E-state index contributed by atoms with van der Waals surface area (Å²) in [5.74, 6) is -1.15. The van der Waals surface area contributed by atoms with Crippen LogP contribution in [0.2, 0.25) is 0 Å². The van der Waals surface area contributed by atoms with Crippen LogP contribution in [0, 0.1) is 0 Å². The zero-order valence-corrected chi connectivity index (χ0v) is 18.6. The summed E-state index contributed by atoms with van der Waals surface area (Å²) in [6.45, 7) is 0.0200. The lowest BCUT2D eigenvalue weighted by Gasteiger charge is -2.28. The molecular formula is C26H18N4O6. The Morgan fingerprint density at radius 3 is 2.28 bits per heavy atom. The number of anilines is 2. The molecule has 0 atom stereocenters. The van der Waals surface area contributed by atoms with Crippen molar-refractivity contribution in [2.24, 2.45) is 0 Å². The molecule has 10 heteroatoms. The molecule has 178 valence electrons. The molecule has 0 fully saturated rings. The Balaban J connectivity index is 1.32. The Morgan fingerprint density at radius 1 is 0.861 bits per heavy atom. The van der Waals surface area contributed by atoms with E-state index in [1.807, 2.05) is 11.1 Å². The number of H-pyrrole nitrogens is 2. The Labute approximate surface area is 203 Å². The van der Waals surface area contributed by atoms with Crippen LogP contribution in [0.3, 0.4) is 0 Å². The first-order valence-electron chi connectivity index (χ1n) is 10.8. The lowest BCUT2D eigenvalue weighted by Crippen LogP contribution is -2.36. The van der Waals surface area contributed by atoms with Crippen LogP contribution in [0.1, 0.15) is 42.2 Å². The van der Waals surface area contributed by atoms with E-state index in [1.165, 1.54) is 18.2 Å². The molecule has 2 amide bonds. The van der Waals surface area contributed by atoms with Crippen molar-refractivity contribution in [1.82, 2.24) is 9.97 Å². The number of nitrogens with one attached hydrogen (secondary N) is 3. The number of amides is 2. The molecule has 2 heterocycles. The minimum Gasteiger partial charge on any atom is -0.316 e. The van der Waals surface area contributed by atoms with Crippen molar-refractivity contribution in [3.05, 3.63) is 128 Å². The number of carbonyl (C=O) groups is 3. The maximum atomic E-state index is 13.1. The van der Waals surface area contributed by atoms with E-state index in [4.69, 9.17) is 4.84 Å². The van der Waals surface area contributed by atoms with Gasteiger partial charge in [-0.25, -0.2) is 4.79 Å². The highest BCUT2D eigenvalue weighted by Crippen LogP contribution is 2.27. The summed E-state index contributed by atoms with van der Waals surface area (Å²) in [5.41, 5.74) is 0.994. The third-order valence-electron chi connectivity index (χ3n) is 5.60. The number of carbonyl (C=O) groups excluding carboxylic acids is 3. The third-order valence-corrected chi connectivity index (χ3v) is 5.60. The van der Waals surface area contributed by atoms with Crippen molar-refractivity contribution >= 4 is 29.0 Å². The van der Waals surface area contributed by atoms with E-state index in [9.17, 15) is 24.0 Å². The first-order valence-corrected chi connectivity index (χ1v) is 10.8. The Morgan fingerprint density at radius 2 is 1.56 bits per heavy atom. The second kappa shape index (κ2) is 9.28. The minimum atomic E-state index is -0.740.